The number of aromatic nitrogens is 2. The Morgan fingerprint density at radius 2 is 1.89 bits per heavy atom. The van der Waals surface area contributed by atoms with Crippen LogP contribution in [0.1, 0.15) is 39.1 Å². The Bertz CT molecular complexity index is 364. The van der Waals surface area contributed by atoms with Gasteiger partial charge in [-0.15, -0.1) is 0 Å². The zero-order valence-electron chi connectivity index (χ0n) is 12.2. The molecule has 4 heteroatoms. The van der Waals surface area contributed by atoms with Gasteiger partial charge in [-0.1, -0.05) is 27.7 Å². The molecule has 102 valence electrons. The van der Waals surface area contributed by atoms with E-state index in [1.165, 1.54) is 0 Å². The molecule has 0 saturated heterocycles. The largest absolute Gasteiger partial charge is 0.463 e. The molecule has 1 aromatic heterocycles. The highest BCUT2D eigenvalue weighted by Crippen LogP contribution is 2.08. The molecule has 0 atom stereocenters. The van der Waals surface area contributed by atoms with Crippen molar-refractivity contribution in [3.05, 3.63) is 17.5 Å². The Hall–Kier alpha value is -1.16. The van der Waals surface area contributed by atoms with Crippen molar-refractivity contribution < 1.29 is 4.74 Å². The van der Waals surface area contributed by atoms with Crippen molar-refractivity contribution >= 4 is 0 Å². The van der Waals surface area contributed by atoms with Crippen molar-refractivity contribution in [2.75, 3.05) is 13.2 Å². The van der Waals surface area contributed by atoms with Crippen LogP contribution in [0.25, 0.3) is 0 Å². The highest BCUT2D eigenvalue weighted by molar-refractivity contribution is 5.12. The summed E-state index contributed by atoms with van der Waals surface area (Å²) >= 11 is 0. The van der Waals surface area contributed by atoms with Crippen LogP contribution in [0.2, 0.25) is 0 Å². The first-order valence-corrected chi connectivity index (χ1v) is 6.65. The average Bonchev–Trinajstić information content (AvgIpc) is 2.25. The molecule has 0 fully saturated rings. The Kier molecular flexibility index (Phi) is 6.05. The maximum absolute atomic E-state index is 5.57. The van der Waals surface area contributed by atoms with E-state index in [0.717, 1.165) is 24.5 Å². The Morgan fingerprint density at radius 3 is 2.50 bits per heavy atom. The fourth-order valence-electron chi connectivity index (χ4n) is 1.49. The molecule has 0 saturated carbocycles. The van der Waals surface area contributed by atoms with Gasteiger partial charge >= 0.3 is 6.01 Å². The van der Waals surface area contributed by atoms with Crippen LogP contribution in [0.5, 0.6) is 6.01 Å². The Morgan fingerprint density at radius 1 is 1.17 bits per heavy atom. The SMILES string of the molecule is Cc1cc(CNCC(C)C)nc(OCC(C)C)n1. The minimum absolute atomic E-state index is 0.483. The molecule has 1 aromatic rings. The second-order valence-corrected chi connectivity index (χ2v) is 5.51. The van der Waals surface area contributed by atoms with Crippen LogP contribution in [0.3, 0.4) is 0 Å². The van der Waals surface area contributed by atoms with E-state index in [4.69, 9.17) is 4.74 Å². The third-order valence-corrected chi connectivity index (χ3v) is 2.29. The van der Waals surface area contributed by atoms with Crippen LogP contribution < -0.4 is 10.1 Å². The van der Waals surface area contributed by atoms with E-state index in [1.54, 1.807) is 0 Å². The smallest absolute Gasteiger partial charge is 0.316 e. The summed E-state index contributed by atoms with van der Waals surface area (Å²) in [5, 5.41) is 3.37. The maximum atomic E-state index is 5.57. The first kappa shape index (κ1) is 14.9. The van der Waals surface area contributed by atoms with Crippen molar-refractivity contribution in [2.45, 2.75) is 41.2 Å². The van der Waals surface area contributed by atoms with E-state index in [-0.39, 0.29) is 0 Å². The molecule has 1 N–H and O–H groups in total. The van der Waals surface area contributed by atoms with Crippen molar-refractivity contribution in [1.82, 2.24) is 15.3 Å². The van der Waals surface area contributed by atoms with Crippen LogP contribution in [0.4, 0.5) is 0 Å². The minimum Gasteiger partial charge on any atom is -0.463 e. The van der Waals surface area contributed by atoms with Gasteiger partial charge < -0.3 is 10.1 Å². The van der Waals surface area contributed by atoms with Crippen LogP contribution in [0, 0.1) is 18.8 Å². The van der Waals surface area contributed by atoms with Gasteiger partial charge in [-0.3, -0.25) is 0 Å². The van der Waals surface area contributed by atoms with Gasteiger partial charge in [0, 0.05) is 12.2 Å². The van der Waals surface area contributed by atoms with Crippen molar-refractivity contribution in [2.24, 2.45) is 11.8 Å². The van der Waals surface area contributed by atoms with E-state index >= 15 is 0 Å². The number of aryl methyl sites for hydroxylation is 1. The van der Waals surface area contributed by atoms with E-state index in [9.17, 15) is 0 Å². The molecule has 0 bridgehead atoms. The highest BCUT2D eigenvalue weighted by atomic mass is 16.5. The highest BCUT2D eigenvalue weighted by Gasteiger charge is 2.05. The molecule has 1 heterocycles. The molecule has 0 aromatic carbocycles. The summed E-state index contributed by atoms with van der Waals surface area (Å²) in [4.78, 5) is 8.69. The van der Waals surface area contributed by atoms with E-state index in [1.807, 2.05) is 13.0 Å². The summed E-state index contributed by atoms with van der Waals surface area (Å²) in [5.74, 6) is 1.13. The van der Waals surface area contributed by atoms with Gasteiger partial charge in [0.05, 0.1) is 12.3 Å². The van der Waals surface area contributed by atoms with Gasteiger partial charge in [-0.25, -0.2) is 4.98 Å². The minimum atomic E-state index is 0.483. The second-order valence-electron chi connectivity index (χ2n) is 5.51. The quantitative estimate of drug-likeness (QED) is 0.809. The molecule has 1 rings (SSSR count). The summed E-state index contributed by atoms with van der Waals surface area (Å²) in [5.41, 5.74) is 1.94. The molecule has 18 heavy (non-hydrogen) atoms. The lowest BCUT2D eigenvalue weighted by Crippen LogP contribution is -2.20. The monoisotopic (exact) mass is 251 g/mol. The molecule has 0 amide bonds. The van der Waals surface area contributed by atoms with Gasteiger partial charge in [0.1, 0.15) is 0 Å². The number of rotatable bonds is 7. The molecule has 0 aliphatic rings. The molecule has 0 unspecified atom stereocenters. The Balaban J connectivity index is 2.57. The molecular weight excluding hydrogens is 226 g/mol. The van der Waals surface area contributed by atoms with Crippen molar-refractivity contribution in [3.8, 4) is 6.01 Å². The number of nitrogens with one attached hydrogen (secondary N) is 1. The van der Waals surface area contributed by atoms with Gasteiger partial charge in [-0.2, -0.15) is 4.98 Å². The van der Waals surface area contributed by atoms with E-state index in [2.05, 4.69) is 43.0 Å². The Labute approximate surface area is 110 Å². The topological polar surface area (TPSA) is 47.0 Å². The lowest BCUT2D eigenvalue weighted by molar-refractivity contribution is 0.249. The van der Waals surface area contributed by atoms with Crippen molar-refractivity contribution in [1.29, 1.82) is 0 Å². The molecule has 0 spiro atoms. The lowest BCUT2D eigenvalue weighted by Gasteiger charge is -2.10. The predicted molar refractivity (Wildman–Crippen MR) is 73.6 cm³/mol. The fraction of sp³-hybridized carbons (Fsp3) is 0.714. The molecular formula is C14H25N3O. The third kappa shape index (κ3) is 5.96. The summed E-state index contributed by atoms with van der Waals surface area (Å²) < 4.78 is 5.57. The van der Waals surface area contributed by atoms with E-state index in [0.29, 0.717) is 24.5 Å². The maximum Gasteiger partial charge on any atom is 0.316 e. The van der Waals surface area contributed by atoms with Gasteiger partial charge in [0.15, 0.2) is 0 Å². The number of hydrogen-bond acceptors (Lipinski definition) is 4. The zero-order chi connectivity index (χ0) is 13.5. The van der Waals surface area contributed by atoms with Gasteiger partial charge in [0.25, 0.3) is 0 Å². The number of nitrogens with zero attached hydrogens (tertiary/aromatic N) is 2. The van der Waals surface area contributed by atoms with Crippen LogP contribution in [0.15, 0.2) is 6.07 Å². The molecule has 0 aliphatic carbocycles. The van der Waals surface area contributed by atoms with Crippen LogP contribution >= 0.6 is 0 Å². The summed E-state index contributed by atoms with van der Waals surface area (Å²) in [6.45, 7) is 13.0. The first-order chi connectivity index (χ1) is 8.47. The lowest BCUT2D eigenvalue weighted by atomic mass is 10.2. The summed E-state index contributed by atoms with van der Waals surface area (Å²) in [6.07, 6.45) is 0. The van der Waals surface area contributed by atoms with Crippen LogP contribution in [-0.2, 0) is 6.54 Å². The van der Waals surface area contributed by atoms with Gasteiger partial charge in [0.2, 0.25) is 0 Å². The summed E-state index contributed by atoms with van der Waals surface area (Å²) in [7, 11) is 0. The van der Waals surface area contributed by atoms with Crippen molar-refractivity contribution in [3.63, 3.8) is 0 Å². The summed E-state index contributed by atoms with van der Waals surface area (Å²) in [6, 6.07) is 2.49. The number of ether oxygens (including phenoxy) is 1. The predicted octanol–water partition coefficient (Wildman–Crippen LogP) is 2.57. The number of hydrogen-bond donors (Lipinski definition) is 1. The fourth-order valence-corrected chi connectivity index (χ4v) is 1.49. The van der Waals surface area contributed by atoms with Crippen LogP contribution in [-0.4, -0.2) is 23.1 Å². The first-order valence-electron chi connectivity index (χ1n) is 6.65. The van der Waals surface area contributed by atoms with E-state index < -0.39 is 0 Å². The molecule has 4 nitrogen and oxygen atoms in total. The zero-order valence-corrected chi connectivity index (χ0v) is 12.2. The second kappa shape index (κ2) is 7.31. The average molecular weight is 251 g/mol. The third-order valence-electron chi connectivity index (χ3n) is 2.29. The molecule has 0 aliphatic heterocycles. The van der Waals surface area contributed by atoms with Gasteiger partial charge in [-0.05, 0) is 31.4 Å². The molecule has 0 radical (unpaired) electrons. The standard InChI is InChI=1S/C14H25N3O/c1-10(2)7-15-8-13-6-12(5)16-14(17-13)18-9-11(3)4/h6,10-11,15H,7-9H2,1-5H3. The normalized spacial score (nSPS) is 11.3.